The number of hydrogen-bond acceptors (Lipinski definition) is 4. The van der Waals surface area contributed by atoms with Crippen LogP contribution in [0.1, 0.15) is 29.3 Å². The van der Waals surface area contributed by atoms with Gasteiger partial charge in [-0.3, -0.25) is 5.41 Å². The first-order chi connectivity index (χ1) is 9.54. The molecule has 0 fully saturated rings. The van der Waals surface area contributed by atoms with Gasteiger partial charge in [-0.25, -0.2) is 0 Å². The van der Waals surface area contributed by atoms with E-state index in [1.807, 2.05) is 38.1 Å². The molecule has 0 bridgehead atoms. The minimum atomic E-state index is -0.0653. The van der Waals surface area contributed by atoms with Crippen LogP contribution in [0.4, 0.5) is 0 Å². The van der Waals surface area contributed by atoms with Gasteiger partial charge >= 0.3 is 0 Å². The van der Waals surface area contributed by atoms with Crippen molar-refractivity contribution in [3.8, 4) is 11.6 Å². The average Bonchev–Trinajstić information content (AvgIpc) is 2.43. The number of nitrogen functional groups attached to an aromatic ring is 1. The lowest BCUT2D eigenvalue weighted by molar-refractivity contribution is 0.447. The van der Waals surface area contributed by atoms with Crippen molar-refractivity contribution in [1.29, 1.82) is 5.41 Å². The van der Waals surface area contributed by atoms with Gasteiger partial charge in [-0.2, -0.15) is 5.10 Å². The van der Waals surface area contributed by atoms with Crippen LogP contribution < -0.4 is 10.5 Å². The number of hydrogen-bond donors (Lipinski definition) is 2. The zero-order chi connectivity index (χ0) is 14.7. The molecule has 104 valence electrons. The molecule has 3 N–H and O–H groups in total. The Morgan fingerprint density at radius 3 is 2.60 bits per heavy atom. The Bertz CT molecular complexity index is 652. The molecule has 20 heavy (non-hydrogen) atoms. The molecule has 2 aromatic rings. The third-order valence-corrected chi connectivity index (χ3v) is 3.25. The van der Waals surface area contributed by atoms with Crippen LogP contribution in [-0.4, -0.2) is 16.0 Å². The van der Waals surface area contributed by atoms with Gasteiger partial charge in [-0.15, -0.1) is 5.10 Å². The minimum absolute atomic E-state index is 0.0653. The highest BCUT2D eigenvalue weighted by atomic mass is 16.5. The van der Waals surface area contributed by atoms with Crippen LogP contribution in [0.2, 0.25) is 0 Å². The van der Waals surface area contributed by atoms with E-state index in [0.29, 0.717) is 5.56 Å². The number of aromatic nitrogens is 2. The standard InChI is InChI=1S/C15H18N4O/c1-4-11-7-5-6-8-12(11)20-15-13(14(16)17)9(2)10(3)18-19-15/h5-8H,4H2,1-3H3,(H3,16,17). The smallest absolute Gasteiger partial charge is 0.250 e. The fourth-order valence-corrected chi connectivity index (χ4v) is 1.97. The van der Waals surface area contributed by atoms with E-state index in [1.54, 1.807) is 0 Å². The second kappa shape index (κ2) is 5.69. The first kappa shape index (κ1) is 14.0. The molecule has 1 aromatic heterocycles. The highest BCUT2D eigenvalue weighted by Crippen LogP contribution is 2.28. The Morgan fingerprint density at radius 1 is 1.25 bits per heavy atom. The maximum atomic E-state index is 7.71. The first-order valence-electron chi connectivity index (χ1n) is 6.48. The summed E-state index contributed by atoms with van der Waals surface area (Å²) in [6.45, 7) is 5.75. The van der Waals surface area contributed by atoms with Gasteiger partial charge in [-0.05, 0) is 37.5 Å². The summed E-state index contributed by atoms with van der Waals surface area (Å²) in [5, 5.41) is 15.8. The van der Waals surface area contributed by atoms with Gasteiger partial charge in [0.05, 0.1) is 11.3 Å². The molecule has 0 aliphatic rings. The Kier molecular flexibility index (Phi) is 3.98. The van der Waals surface area contributed by atoms with Gasteiger partial charge in [0, 0.05) is 0 Å². The van der Waals surface area contributed by atoms with Crippen molar-refractivity contribution >= 4 is 5.84 Å². The lowest BCUT2D eigenvalue weighted by atomic mass is 10.1. The van der Waals surface area contributed by atoms with E-state index in [4.69, 9.17) is 15.9 Å². The monoisotopic (exact) mass is 270 g/mol. The molecule has 5 heteroatoms. The maximum absolute atomic E-state index is 7.71. The maximum Gasteiger partial charge on any atom is 0.250 e. The molecule has 0 atom stereocenters. The van der Waals surface area contributed by atoms with Crippen molar-refractivity contribution in [2.75, 3.05) is 0 Å². The van der Waals surface area contributed by atoms with E-state index in [1.165, 1.54) is 0 Å². The highest BCUT2D eigenvalue weighted by Gasteiger charge is 2.16. The lowest BCUT2D eigenvalue weighted by Crippen LogP contribution is -2.16. The molecule has 0 unspecified atom stereocenters. The molecule has 0 saturated heterocycles. The van der Waals surface area contributed by atoms with Crippen molar-refractivity contribution in [1.82, 2.24) is 10.2 Å². The summed E-state index contributed by atoms with van der Waals surface area (Å²) in [6, 6.07) is 7.73. The number of benzene rings is 1. The second-order valence-corrected chi connectivity index (χ2v) is 4.57. The van der Waals surface area contributed by atoms with Crippen LogP contribution in [0, 0.1) is 19.3 Å². The number of nitrogens with one attached hydrogen (secondary N) is 1. The zero-order valence-electron chi connectivity index (χ0n) is 11.9. The van der Waals surface area contributed by atoms with Gasteiger partial charge in [-0.1, -0.05) is 25.1 Å². The minimum Gasteiger partial charge on any atom is -0.437 e. The number of ether oxygens (including phenoxy) is 1. The number of para-hydroxylation sites is 1. The molecule has 0 aliphatic carbocycles. The van der Waals surface area contributed by atoms with Gasteiger partial charge < -0.3 is 10.5 Å². The fraction of sp³-hybridized carbons (Fsp3) is 0.267. The van der Waals surface area contributed by atoms with Crippen molar-refractivity contribution in [2.45, 2.75) is 27.2 Å². The third-order valence-electron chi connectivity index (χ3n) is 3.25. The number of rotatable bonds is 4. The predicted molar refractivity (Wildman–Crippen MR) is 78.4 cm³/mol. The van der Waals surface area contributed by atoms with Gasteiger partial charge in [0.1, 0.15) is 11.6 Å². The van der Waals surface area contributed by atoms with E-state index >= 15 is 0 Å². The average molecular weight is 270 g/mol. The van der Waals surface area contributed by atoms with Crippen molar-refractivity contribution < 1.29 is 4.74 Å². The fourth-order valence-electron chi connectivity index (χ4n) is 1.97. The quantitative estimate of drug-likeness (QED) is 0.660. The molecule has 0 saturated carbocycles. The molecule has 0 radical (unpaired) electrons. The van der Waals surface area contributed by atoms with Crippen molar-refractivity contribution in [2.24, 2.45) is 5.73 Å². The second-order valence-electron chi connectivity index (χ2n) is 4.57. The van der Waals surface area contributed by atoms with Crippen LogP contribution >= 0.6 is 0 Å². The normalized spacial score (nSPS) is 10.3. The summed E-state index contributed by atoms with van der Waals surface area (Å²) < 4.78 is 5.83. The summed E-state index contributed by atoms with van der Waals surface area (Å²) in [7, 11) is 0. The topological polar surface area (TPSA) is 84.9 Å². The van der Waals surface area contributed by atoms with Crippen LogP contribution in [0.3, 0.4) is 0 Å². The van der Waals surface area contributed by atoms with E-state index < -0.39 is 0 Å². The lowest BCUT2D eigenvalue weighted by Gasteiger charge is -2.13. The Morgan fingerprint density at radius 2 is 1.95 bits per heavy atom. The van der Waals surface area contributed by atoms with E-state index in [2.05, 4.69) is 17.1 Å². The van der Waals surface area contributed by atoms with Crippen molar-refractivity contribution in [3.05, 3.63) is 46.6 Å². The molecule has 0 aliphatic heterocycles. The van der Waals surface area contributed by atoms with Crippen LogP contribution in [0.5, 0.6) is 11.6 Å². The summed E-state index contributed by atoms with van der Waals surface area (Å²) in [5.74, 6) is 0.932. The zero-order valence-corrected chi connectivity index (χ0v) is 11.9. The SMILES string of the molecule is CCc1ccccc1Oc1nnc(C)c(C)c1C(=N)N. The van der Waals surface area contributed by atoms with Crippen LogP contribution in [0.15, 0.2) is 24.3 Å². The summed E-state index contributed by atoms with van der Waals surface area (Å²) in [6.07, 6.45) is 0.851. The van der Waals surface area contributed by atoms with Gasteiger partial charge in [0.2, 0.25) is 5.88 Å². The van der Waals surface area contributed by atoms with E-state index in [-0.39, 0.29) is 11.7 Å². The summed E-state index contributed by atoms with van der Waals surface area (Å²) in [4.78, 5) is 0. The van der Waals surface area contributed by atoms with E-state index in [0.717, 1.165) is 29.0 Å². The Labute approximate surface area is 118 Å². The molecule has 1 heterocycles. The molecule has 0 spiro atoms. The van der Waals surface area contributed by atoms with Crippen LogP contribution in [0.25, 0.3) is 0 Å². The largest absolute Gasteiger partial charge is 0.437 e. The van der Waals surface area contributed by atoms with E-state index in [9.17, 15) is 0 Å². The molecule has 2 rings (SSSR count). The molecule has 0 amide bonds. The van der Waals surface area contributed by atoms with Gasteiger partial charge in [0.25, 0.3) is 0 Å². The molecule has 1 aromatic carbocycles. The van der Waals surface area contributed by atoms with Crippen LogP contribution in [-0.2, 0) is 6.42 Å². The molecular weight excluding hydrogens is 252 g/mol. The first-order valence-corrected chi connectivity index (χ1v) is 6.48. The highest BCUT2D eigenvalue weighted by molar-refractivity contribution is 5.98. The number of nitrogens with zero attached hydrogens (tertiary/aromatic N) is 2. The molecule has 5 nitrogen and oxygen atoms in total. The number of nitrogens with two attached hydrogens (primary N) is 1. The van der Waals surface area contributed by atoms with Crippen molar-refractivity contribution in [3.63, 3.8) is 0 Å². The third kappa shape index (κ3) is 2.61. The Balaban J connectivity index is 2.49. The van der Waals surface area contributed by atoms with Gasteiger partial charge in [0.15, 0.2) is 0 Å². The number of amidine groups is 1. The summed E-state index contributed by atoms with van der Waals surface area (Å²) >= 11 is 0. The molecular formula is C15H18N4O. The number of aryl methyl sites for hydroxylation is 2. The Hall–Kier alpha value is -2.43. The predicted octanol–water partition coefficient (Wildman–Crippen LogP) is 2.73. The summed E-state index contributed by atoms with van der Waals surface area (Å²) in [5.41, 5.74) is 8.78.